The van der Waals surface area contributed by atoms with Gasteiger partial charge in [-0.3, -0.25) is 9.59 Å². The van der Waals surface area contributed by atoms with Crippen LogP contribution >= 0.6 is 22.9 Å². The number of carboxylic acid groups (broad SMARTS) is 1. The van der Waals surface area contributed by atoms with E-state index < -0.39 is 5.97 Å². The molecule has 1 N–H and O–H groups in total. The van der Waals surface area contributed by atoms with Gasteiger partial charge >= 0.3 is 5.97 Å². The number of halogens is 1. The number of carbonyl (C=O) groups is 2. The number of carbonyl (C=O) groups excluding carboxylic acids is 1. The van der Waals surface area contributed by atoms with E-state index in [2.05, 4.69) is 4.90 Å². The van der Waals surface area contributed by atoms with Gasteiger partial charge in [-0.2, -0.15) is 0 Å². The van der Waals surface area contributed by atoms with Gasteiger partial charge in [0.2, 0.25) is 0 Å². The van der Waals surface area contributed by atoms with Crippen LogP contribution in [0.15, 0.2) is 41.8 Å². The summed E-state index contributed by atoms with van der Waals surface area (Å²) in [6.45, 7) is 5.02. The average molecular weight is 485 g/mol. The first kappa shape index (κ1) is 23.3. The zero-order valence-corrected chi connectivity index (χ0v) is 20.0. The highest BCUT2D eigenvalue weighted by atomic mass is 35.5. The molecule has 2 aromatic carbocycles. The van der Waals surface area contributed by atoms with E-state index in [-0.39, 0.29) is 12.0 Å². The van der Waals surface area contributed by atoms with Gasteiger partial charge in [0.25, 0.3) is 0 Å². The van der Waals surface area contributed by atoms with Crippen molar-refractivity contribution in [1.82, 2.24) is 4.98 Å². The van der Waals surface area contributed by atoms with Crippen molar-refractivity contribution in [3.8, 4) is 17.0 Å². The standard InChI is InChI=1S/C25H25ClN2O4S/c1-15-9-17(12-29)3-4-19(15)13-32-23-6-5-20(26)11-21(23)22-14-33-25(27-22)28-8-7-18(24(30)31)10-16(28)2/h3-6,9,11-12,14,16,18H,7-8,10,13H2,1-2H3,(H,30,31). The van der Waals surface area contributed by atoms with Crippen LogP contribution in [0, 0.1) is 12.8 Å². The number of aryl methyl sites for hydroxylation is 1. The third-order valence-electron chi connectivity index (χ3n) is 6.07. The summed E-state index contributed by atoms with van der Waals surface area (Å²) in [5.41, 5.74) is 4.20. The van der Waals surface area contributed by atoms with Gasteiger partial charge in [0.05, 0.1) is 11.6 Å². The quantitative estimate of drug-likeness (QED) is 0.423. The maximum atomic E-state index is 11.3. The van der Waals surface area contributed by atoms with Gasteiger partial charge in [0.1, 0.15) is 18.6 Å². The fraction of sp³-hybridized carbons (Fsp3) is 0.320. The van der Waals surface area contributed by atoms with Gasteiger partial charge in [-0.05, 0) is 62.1 Å². The number of carboxylic acids is 1. The van der Waals surface area contributed by atoms with E-state index in [0.29, 0.717) is 42.3 Å². The highest BCUT2D eigenvalue weighted by Gasteiger charge is 2.31. The maximum Gasteiger partial charge on any atom is 0.306 e. The van der Waals surface area contributed by atoms with Crippen molar-refractivity contribution in [3.63, 3.8) is 0 Å². The molecule has 3 aromatic rings. The number of aldehydes is 1. The van der Waals surface area contributed by atoms with Crippen LogP contribution in [-0.2, 0) is 11.4 Å². The lowest BCUT2D eigenvalue weighted by atomic mass is 9.92. The summed E-state index contributed by atoms with van der Waals surface area (Å²) in [5, 5.41) is 12.8. The number of hydrogen-bond acceptors (Lipinski definition) is 6. The highest BCUT2D eigenvalue weighted by molar-refractivity contribution is 7.14. The molecule has 0 amide bonds. The predicted molar refractivity (Wildman–Crippen MR) is 131 cm³/mol. The summed E-state index contributed by atoms with van der Waals surface area (Å²) in [7, 11) is 0. The summed E-state index contributed by atoms with van der Waals surface area (Å²) in [5.74, 6) is -0.349. The molecule has 8 heteroatoms. The average Bonchev–Trinajstić information content (AvgIpc) is 3.28. The van der Waals surface area contributed by atoms with Crippen LogP contribution in [0.5, 0.6) is 5.75 Å². The van der Waals surface area contributed by atoms with Gasteiger partial charge in [-0.25, -0.2) is 4.98 Å². The van der Waals surface area contributed by atoms with Crippen LogP contribution in [-0.4, -0.2) is 34.9 Å². The van der Waals surface area contributed by atoms with Crippen LogP contribution < -0.4 is 9.64 Å². The van der Waals surface area contributed by atoms with Crippen LogP contribution in [0.3, 0.4) is 0 Å². The van der Waals surface area contributed by atoms with Crippen molar-refractivity contribution >= 4 is 40.3 Å². The summed E-state index contributed by atoms with van der Waals surface area (Å²) in [4.78, 5) is 29.3. The predicted octanol–water partition coefficient (Wildman–Crippen LogP) is 5.85. The van der Waals surface area contributed by atoms with Gasteiger partial charge < -0.3 is 14.7 Å². The summed E-state index contributed by atoms with van der Waals surface area (Å²) < 4.78 is 6.14. The molecule has 0 saturated carbocycles. The Bertz CT molecular complexity index is 1180. The number of hydrogen-bond donors (Lipinski definition) is 1. The van der Waals surface area contributed by atoms with E-state index >= 15 is 0 Å². The van der Waals surface area contributed by atoms with Crippen LogP contribution in [0.4, 0.5) is 5.13 Å². The van der Waals surface area contributed by atoms with Crippen LogP contribution in [0.1, 0.15) is 41.3 Å². The fourth-order valence-corrected chi connectivity index (χ4v) is 5.27. The van der Waals surface area contributed by atoms with Gasteiger partial charge in [0.15, 0.2) is 5.13 Å². The largest absolute Gasteiger partial charge is 0.488 e. The summed E-state index contributed by atoms with van der Waals surface area (Å²) >= 11 is 7.82. The number of nitrogens with zero attached hydrogens (tertiary/aromatic N) is 2. The lowest BCUT2D eigenvalue weighted by Gasteiger charge is -2.36. The molecular formula is C25H25ClN2O4S. The summed E-state index contributed by atoms with van der Waals surface area (Å²) in [6, 6.07) is 11.1. The molecule has 2 heterocycles. The normalized spacial score (nSPS) is 18.2. The fourth-order valence-electron chi connectivity index (χ4n) is 4.14. The number of thiazole rings is 1. The first-order valence-corrected chi connectivity index (χ1v) is 12.0. The van der Waals surface area contributed by atoms with Crippen molar-refractivity contribution < 1.29 is 19.4 Å². The molecule has 4 rings (SSSR count). The van der Waals surface area contributed by atoms with Gasteiger partial charge in [0, 0.05) is 34.1 Å². The van der Waals surface area contributed by atoms with E-state index in [1.54, 1.807) is 12.1 Å². The van der Waals surface area contributed by atoms with Crippen molar-refractivity contribution in [2.45, 2.75) is 39.3 Å². The van der Waals surface area contributed by atoms with Crippen LogP contribution in [0.2, 0.25) is 5.02 Å². The number of aliphatic carboxylic acids is 1. The molecule has 6 nitrogen and oxygen atoms in total. The number of ether oxygens (including phenoxy) is 1. The Morgan fingerprint density at radius 1 is 1.33 bits per heavy atom. The highest BCUT2D eigenvalue weighted by Crippen LogP contribution is 2.37. The number of rotatable bonds is 7. The Balaban J connectivity index is 1.54. The molecule has 0 bridgehead atoms. The molecule has 2 unspecified atom stereocenters. The molecule has 1 aliphatic heterocycles. The third-order valence-corrected chi connectivity index (χ3v) is 7.18. The Labute approximate surface area is 201 Å². The topological polar surface area (TPSA) is 79.7 Å². The minimum atomic E-state index is -0.724. The monoisotopic (exact) mass is 484 g/mol. The number of aromatic nitrogens is 1. The lowest BCUT2D eigenvalue weighted by molar-refractivity contribution is -0.142. The molecule has 1 saturated heterocycles. The minimum absolute atomic E-state index is 0.103. The van der Waals surface area contributed by atoms with E-state index in [0.717, 1.165) is 33.8 Å². The summed E-state index contributed by atoms with van der Waals surface area (Å²) in [6.07, 6.45) is 2.06. The first-order chi connectivity index (χ1) is 15.9. The molecule has 0 spiro atoms. The Morgan fingerprint density at radius 2 is 2.15 bits per heavy atom. The van der Waals surface area contributed by atoms with Crippen molar-refractivity contribution in [2.75, 3.05) is 11.4 Å². The van der Waals surface area contributed by atoms with E-state index in [9.17, 15) is 14.7 Å². The number of anilines is 1. The zero-order valence-electron chi connectivity index (χ0n) is 18.5. The lowest BCUT2D eigenvalue weighted by Crippen LogP contribution is -2.42. The van der Waals surface area contributed by atoms with E-state index in [4.69, 9.17) is 21.3 Å². The second-order valence-corrected chi connectivity index (χ2v) is 9.62. The third kappa shape index (κ3) is 5.20. The zero-order chi connectivity index (χ0) is 23.5. The van der Waals surface area contributed by atoms with Crippen molar-refractivity contribution in [3.05, 3.63) is 63.5 Å². The minimum Gasteiger partial charge on any atom is -0.488 e. The Morgan fingerprint density at radius 3 is 2.85 bits per heavy atom. The van der Waals surface area contributed by atoms with Gasteiger partial charge in [-0.1, -0.05) is 23.7 Å². The number of piperidine rings is 1. The maximum absolute atomic E-state index is 11.3. The first-order valence-electron chi connectivity index (χ1n) is 10.8. The van der Waals surface area contributed by atoms with E-state index in [1.165, 1.54) is 11.3 Å². The smallest absolute Gasteiger partial charge is 0.306 e. The van der Waals surface area contributed by atoms with Crippen LogP contribution in [0.25, 0.3) is 11.3 Å². The van der Waals surface area contributed by atoms with Gasteiger partial charge in [-0.15, -0.1) is 11.3 Å². The second kappa shape index (κ2) is 9.93. The molecule has 1 aliphatic rings. The number of benzene rings is 2. The second-order valence-electron chi connectivity index (χ2n) is 8.35. The SMILES string of the molecule is Cc1cc(C=O)ccc1COc1ccc(Cl)cc1-c1csc(N2CCC(C(=O)O)CC2C)n1. The molecule has 0 radical (unpaired) electrons. The molecule has 172 valence electrons. The molecular weight excluding hydrogens is 460 g/mol. The molecule has 1 fully saturated rings. The molecule has 33 heavy (non-hydrogen) atoms. The Kier molecular flexibility index (Phi) is 7.00. The van der Waals surface area contributed by atoms with Crippen molar-refractivity contribution in [1.29, 1.82) is 0 Å². The van der Waals surface area contributed by atoms with E-state index in [1.807, 2.05) is 43.5 Å². The Hall–Kier alpha value is -2.90. The molecule has 2 atom stereocenters. The molecule has 1 aromatic heterocycles. The van der Waals surface area contributed by atoms with Crippen molar-refractivity contribution in [2.24, 2.45) is 5.92 Å². The molecule has 0 aliphatic carbocycles.